The Morgan fingerprint density at radius 1 is 1.42 bits per heavy atom. The van der Waals surface area contributed by atoms with Crippen LogP contribution < -0.4 is 0 Å². The Morgan fingerprint density at radius 3 is 2.58 bits per heavy atom. The van der Waals surface area contributed by atoms with Gasteiger partial charge in [0.2, 0.25) is 5.82 Å². The minimum atomic E-state index is -0.976. The lowest BCUT2D eigenvalue weighted by molar-refractivity contribution is -0.387. The maximum atomic E-state index is 14.0. The van der Waals surface area contributed by atoms with Crippen LogP contribution in [0.15, 0.2) is 18.2 Å². The SMILES string of the molecule is O=C(O)C1(Cc2cccc([N+](=O)[O-])c2F)CCCC1. The largest absolute Gasteiger partial charge is 0.481 e. The molecule has 0 amide bonds. The van der Waals surface area contributed by atoms with Crippen molar-refractivity contribution in [2.75, 3.05) is 0 Å². The summed E-state index contributed by atoms with van der Waals surface area (Å²) >= 11 is 0. The third-order valence-corrected chi connectivity index (χ3v) is 3.80. The van der Waals surface area contributed by atoms with Crippen LogP contribution in [0.2, 0.25) is 0 Å². The molecule has 1 aliphatic carbocycles. The van der Waals surface area contributed by atoms with Crippen LogP contribution in [0, 0.1) is 21.3 Å². The molecule has 1 fully saturated rings. The smallest absolute Gasteiger partial charge is 0.309 e. The summed E-state index contributed by atoms with van der Waals surface area (Å²) in [5.41, 5.74) is -1.47. The molecular weight excluding hydrogens is 253 g/mol. The molecule has 5 nitrogen and oxygen atoms in total. The molecule has 1 saturated carbocycles. The summed E-state index contributed by atoms with van der Waals surface area (Å²) in [5, 5.41) is 20.0. The summed E-state index contributed by atoms with van der Waals surface area (Å²) in [5.74, 6) is -1.86. The second-order valence-corrected chi connectivity index (χ2v) is 4.98. The second kappa shape index (κ2) is 4.95. The molecule has 1 N–H and O–H groups in total. The first-order valence-electron chi connectivity index (χ1n) is 6.11. The maximum Gasteiger partial charge on any atom is 0.309 e. The molecule has 102 valence electrons. The van der Waals surface area contributed by atoms with Crippen molar-refractivity contribution in [1.29, 1.82) is 0 Å². The fourth-order valence-corrected chi connectivity index (χ4v) is 2.73. The first-order valence-corrected chi connectivity index (χ1v) is 6.11. The van der Waals surface area contributed by atoms with Gasteiger partial charge in [-0.2, -0.15) is 4.39 Å². The van der Waals surface area contributed by atoms with Gasteiger partial charge in [0.05, 0.1) is 10.3 Å². The molecule has 0 aromatic heterocycles. The van der Waals surface area contributed by atoms with Gasteiger partial charge in [0.25, 0.3) is 0 Å². The zero-order chi connectivity index (χ0) is 14.0. The molecule has 1 aliphatic rings. The second-order valence-electron chi connectivity index (χ2n) is 4.98. The molecule has 0 unspecified atom stereocenters. The number of hydrogen-bond donors (Lipinski definition) is 1. The van der Waals surface area contributed by atoms with E-state index < -0.39 is 27.8 Å². The van der Waals surface area contributed by atoms with Gasteiger partial charge in [-0.3, -0.25) is 14.9 Å². The summed E-state index contributed by atoms with van der Waals surface area (Å²) in [6.07, 6.45) is 2.58. The van der Waals surface area contributed by atoms with Crippen LogP contribution in [0.5, 0.6) is 0 Å². The van der Waals surface area contributed by atoms with Gasteiger partial charge in [-0.1, -0.05) is 25.0 Å². The van der Waals surface area contributed by atoms with Gasteiger partial charge in [0, 0.05) is 6.07 Å². The van der Waals surface area contributed by atoms with Gasteiger partial charge in [-0.05, 0) is 24.8 Å². The quantitative estimate of drug-likeness (QED) is 0.671. The van der Waals surface area contributed by atoms with E-state index in [2.05, 4.69) is 0 Å². The Labute approximate surface area is 109 Å². The monoisotopic (exact) mass is 267 g/mol. The van der Waals surface area contributed by atoms with Gasteiger partial charge >= 0.3 is 11.7 Å². The normalized spacial score (nSPS) is 17.3. The Hall–Kier alpha value is -1.98. The summed E-state index contributed by atoms with van der Waals surface area (Å²) < 4.78 is 14.0. The lowest BCUT2D eigenvalue weighted by atomic mass is 9.80. The number of carbonyl (C=O) groups is 1. The number of aliphatic carboxylic acids is 1. The van der Waals surface area contributed by atoms with Gasteiger partial charge in [-0.25, -0.2) is 0 Å². The summed E-state index contributed by atoms with van der Waals surface area (Å²) in [7, 11) is 0. The topological polar surface area (TPSA) is 80.4 Å². The zero-order valence-corrected chi connectivity index (χ0v) is 10.3. The molecule has 0 aliphatic heterocycles. The van der Waals surface area contributed by atoms with E-state index in [1.165, 1.54) is 12.1 Å². The van der Waals surface area contributed by atoms with E-state index in [0.717, 1.165) is 18.9 Å². The highest BCUT2D eigenvalue weighted by atomic mass is 19.1. The van der Waals surface area contributed by atoms with Crippen LogP contribution in [0.3, 0.4) is 0 Å². The molecule has 19 heavy (non-hydrogen) atoms. The molecule has 1 aromatic rings. The van der Waals surface area contributed by atoms with Crippen molar-refractivity contribution < 1.29 is 19.2 Å². The highest BCUT2D eigenvalue weighted by Gasteiger charge is 2.42. The number of halogens is 1. The van der Waals surface area contributed by atoms with Crippen LogP contribution in [-0.4, -0.2) is 16.0 Å². The van der Waals surface area contributed by atoms with E-state index in [-0.39, 0.29) is 12.0 Å². The predicted octanol–water partition coefficient (Wildman–Crippen LogP) is 2.92. The van der Waals surface area contributed by atoms with Crippen molar-refractivity contribution in [1.82, 2.24) is 0 Å². The summed E-state index contributed by atoms with van der Waals surface area (Å²) in [6.45, 7) is 0. The minimum absolute atomic E-state index is 0.00977. The third-order valence-electron chi connectivity index (χ3n) is 3.80. The van der Waals surface area contributed by atoms with E-state index >= 15 is 0 Å². The summed E-state index contributed by atoms with van der Waals surface area (Å²) in [4.78, 5) is 21.3. The van der Waals surface area contributed by atoms with Crippen molar-refractivity contribution >= 4 is 11.7 Å². The van der Waals surface area contributed by atoms with E-state index in [1.807, 2.05) is 0 Å². The first kappa shape index (κ1) is 13.5. The molecule has 0 radical (unpaired) electrons. The number of nitro groups is 1. The number of rotatable bonds is 4. The van der Waals surface area contributed by atoms with E-state index in [9.17, 15) is 24.4 Å². The van der Waals surface area contributed by atoms with Crippen LogP contribution in [-0.2, 0) is 11.2 Å². The lowest BCUT2D eigenvalue weighted by Gasteiger charge is -2.23. The van der Waals surface area contributed by atoms with Crippen LogP contribution >= 0.6 is 0 Å². The Bertz CT molecular complexity index is 523. The highest BCUT2D eigenvalue weighted by Crippen LogP contribution is 2.42. The molecule has 0 bridgehead atoms. The van der Waals surface area contributed by atoms with Crippen LogP contribution in [0.25, 0.3) is 0 Å². The Kier molecular flexibility index (Phi) is 3.50. The third kappa shape index (κ3) is 2.43. The number of carboxylic acids is 1. The molecule has 6 heteroatoms. The highest BCUT2D eigenvalue weighted by molar-refractivity contribution is 5.75. The Balaban J connectivity index is 2.35. The van der Waals surface area contributed by atoms with Gasteiger partial charge in [0.1, 0.15) is 0 Å². The van der Waals surface area contributed by atoms with Crippen molar-refractivity contribution in [3.05, 3.63) is 39.7 Å². The van der Waals surface area contributed by atoms with Gasteiger partial charge < -0.3 is 5.11 Å². The minimum Gasteiger partial charge on any atom is -0.481 e. The van der Waals surface area contributed by atoms with Crippen LogP contribution in [0.4, 0.5) is 10.1 Å². The van der Waals surface area contributed by atoms with Gasteiger partial charge in [0.15, 0.2) is 0 Å². The van der Waals surface area contributed by atoms with Crippen molar-refractivity contribution in [2.45, 2.75) is 32.1 Å². The number of hydrogen-bond acceptors (Lipinski definition) is 3. The standard InChI is InChI=1S/C13H14FNO4/c14-11-9(4-3-5-10(11)15(18)19)8-13(12(16)17)6-1-2-7-13/h3-5H,1-2,6-8H2,(H,16,17). The van der Waals surface area contributed by atoms with Crippen LogP contribution in [0.1, 0.15) is 31.2 Å². The molecule has 0 heterocycles. The zero-order valence-electron chi connectivity index (χ0n) is 10.3. The fourth-order valence-electron chi connectivity index (χ4n) is 2.73. The van der Waals surface area contributed by atoms with E-state index in [1.54, 1.807) is 0 Å². The fraction of sp³-hybridized carbons (Fsp3) is 0.462. The van der Waals surface area contributed by atoms with E-state index in [4.69, 9.17) is 0 Å². The molecule has 2 rings (SSSR count). The predicted molar refractivity (Wildman–Crippen MR) is 65.3 cm³/mol. The van der Waals surface area contributed by atoms with E-state index in [0.29, 0.717) is 12.8 Å². The average Bonchev–Trinajstić information content (AvgIpc) is 2.81. The number of nitrogens with zero attached hydrogens (tertiary/aromatic N) is 1. The molecule has 0 spiro atoms. The number of nitro benzene ring substituents is 1. The molecule has 0 saturated heterocycles. The first-order chi connectivity index (χ1) is 8.96. The van der Waals surface area contributed by atoms with Crippen molar-refractivity contribution in [3.8, 4) is 0 Å². The van der Waals surface area contributed by atoms with Crippen molar-refractivity contribution in [2.24, 2.45) is 5.41 Å². The molecular formula is C13H14FNO4. The summed E-state index contributed by atoms with van der Waals surface area (Å²) in [6, 6.07) is 3.90. The Morgan fingerprint density at radius 2 is 2.05 bits per heavy atom. The van der Waals surface area contributed by atoms with Crippen molar-refractivity contribution in [3.63, 3.8) is 0 Å². The number of benzene rings is 1. The average molecular weight is 267 g/mol. The van der Waals surface area contributed by atoms with Gasteiger partial charge in [-0.15, -0.1) is 0 Å². The molecule has 0 atom stereocenters. The number of carboxylic acid groups (broad SMARTS) is 1. The lowest BCUT2D eigenvalue weighted by Crippen LogP contribution is -2.30. The molecule has 1 aromatic carbocycles. The maximum absolute atomic E-state index is 14.0.